The molecule has 6 aromatic rings. The first-order valence-corrected chi connectivity index (χ1v) is 10.0. The number of aromatic amines is 2. The standard InChI is InChI=1S/C24H17N7O/c1-32-16-10-15(12-25-13-16)14-5-6-20-18(11-14)22(31-30-20)24-28-21-17(7-9-27-23(21)29-24)19-4-2-3-8-26-19/h2-13H,1H3,(H,30,31)(H,27,28,29). The Bertz CT molecular complexity index is 1570. The highest BCUT2D eigenvalue weighted by Gasteiger charge is 2.16. The summed E-state index contributed by atoms with van der Waals surface area (Å²) in [5.41, 5.74) is 6.85. The van der Waals surface area contributed by atoms with E-state index in [0.717, 1.165) is 44.5 Å². The van der Waals surface area contributed by atoms with Crippen molar-refractivity contribution >= 4 is 22.1 Å². The van der Waals surface area contributed by atoms with Gasteiger partial charge >= 0.3 is 0 Å². The quantitative estimate of drug-likeness (QED) is 0.431. The van der Waals surface area contributed by atoms with Crippen molar-refractivity contribution in [2.45, 2.75) is 0 Å². The highest BCUT2D eigenvalue weighted by Crippen LogP contribution is 2.32. The number of nitrogens with one attached hydrogen (secondary N) is 2. The molecule has 2 N–H and O–H groups in total. The van der Waals surface area contributed by atoms with E-state index in [0.29, 0.717) is 17.2 Å². The van der Waals surface area contributed by atoms with Gasteiger partial charge in [-0.15, -0.1) is 0 Å². The third-order valence-electron chi connectivity index (χ3n) is 5.40. The third-order valence-corrected chi connectivity index (χ3v) is 5.40. The van der Waals surface area contributed by atoms with E-state index < -0.39 is 0 Å². The van der Waals surface area contributed by atoms with E-state index in [9.17, 15) is 0 Å². The largest absolute Gasteiger partial charge is 0.495 e. The Morgan fingerprint density at radius 3 is 2.75 bits per heavy atom. The maximum absolute atomic E-state index is 5.32. The average Bonchev–Trinajstić information content (AvgIpc) is 3.48. The molecular formula is C24H17N7O. The molecular weight excluding hydrogens is 402 g/mol. The Morgan fingerprint density at radius 1 is 0.906 bits per heavy atom. The normalized spacial score (nSPS) is 11.3. The van der Waals surface area contributed by atoms with Gasteiger partial charge in [-0.2, -0.15) is 5.10 Å². The summed E-state index contributed by atoms with van der Waals surface area (Å²) in [5, 5.41) is 8.57. The van der Waals surface area contributed by atoms with E-state index in [1.165, 1.54) is 0 Å². The lowest BCUT2D eigenvalue weighted by molar-refractivity contribution is 0.413. The van der Waals surface area contributed by atoms with Crippen LogP contribution < -0.4 is 4.74 Å². The maximum atomic E-state index is 5.32. The second kappa shape index (κ2) is 7.28. The second-order valence-corrected chi connectivity index (χ2v) is 7.30. The molecule has 5 heterocycles. The highest BCUT2D eigenvalue weighted by molar-refractivity contribution is 5.97. The van der Waals surface area contributed by atoms with Gasteiger partial charge in [-0.1, -0.05) is 12.1 Å². The summed E-state index contributed by atoms with van der Waals surface area (Å²) in [6.07, 6.45) is 7.02. The molecule has 6 rings (SSSR count). The molecule has 8 heteroatoms. The first-order chi connectivity index (χ1) is 15.8. The molecule has 0 aliphatic heterocycles. The Balaban J connectivity index is 1.50. The molecule has 1 aromatic carbocycles. The number of aromatic nitrogens is 7. The predicted molar refractivity (Wildman–Crippen MR) is 122 cm³/mol. The minimum atomic E-state index is 0.618. The molecule has 0 saturated carbocycles. The van der Waals surface area contributed by atoms with E-state index in [1.54, 1.807) is 25.7 Å². The zero-order valence-electron chi connectivity index (χ0n) is 17.1. The molecule has 0 atom stereocenters. The molecule has 0 aliphatic carbocycles. The smallest absolute Gasteiger partial charge is 0.178 e. The van der Waals surface area contributed by atoms with Crippen molar-refractivity contribution in [1.29, 1.82) is 0 Å². The number of H-pyrrole nitrogens is 2. The lowest BCUT2D eigenvalue weighted by Gasteiger charge is -2.04. The van der Waals surface area contributed by atoms with E-state index >= 15 is 0 Å². The number of hydrogen-bond acceptors (Lipinski definition) is 6. The number of hydrogen-bond donors (Lipinski definition) is 2. The van der Waals surface area contributed by atoms with Gasteiger partial charge in [0.25, 0.3) is 0 Å². The molecule has 0 aliphatic rings. The van der Waals surface area contributed by atoms with Crippen molar-refractivity contribution < 1.29 is 4.74 Å². The lowest BCUT2D eigenvalue weighted by Crippen LogP contribution is -1.86. The van der Waals surface area contributed by atoms with Crippen molar-refractivity contribution in [3.05, 3.63) is 73.3 Å². The van der Waals surface area contributed by atoms with Gasteiger partial charge in [0, 0.05) is 35.1 Å². The van der Waals surface area contributed by atoms with Crippen LogP contribution in [-0.4, -0.2) is 42.2 Å². The zero-order chi connectivity index (χ0) is 21.5. The number of nitrogens with zero attached hydrogens (tertiary/aromatic N) is 5. The minimum Gasteiger partial charge on any atom is -0.495 e. The van der Waals surface area contributed by atoms with Crippen LogP contribution in [0.2, 0.25) is 0 Å². The number of ether oxygens (including phenoxy) is 1. The van der Waals surface area contributed by atoms with E-state index in [2.05, 4.69) is 36.2 Å². The summed E-state index contributed by atoms with van der Waals surface area (Å²) in [4.78, 5) is 21.3. The number of methoxy groups -OCH3 is 1. The Morgan fingerprint density at radius 2 is 1.88 bits per heavy atom. The van der Waals surface area contributed by atoms with Crippen molar-refractivity contribution in [2.75, 3.05) is 7.11 Å². The monoisotopic (exact) mass is 419 g/mol. The molecule has 154 valence electrons. The Kier molecular flexibility index (Phi) is 4.14. The van der Waals surface area contributed by atoms with Crippen LogP contribution in [0.4, 0.5) is 0 Å². The minimum absolute atomic E-state index is 0.618. The van der Waals surface area contributed by atoms with Gasteiger partial charge in [-0.3, -0.25) is 15.1 Å². The topological polar surface area (TPSA) is 105 Å². The van der Waals surface area contributed by atoms with Crippen molar-refractivity contribution in [3.8, 4) is 39.7 Å². The van der Waals surface area contributed by atoms with Gasteiger partial charge in [0.1, 0.15) is 11.4 Å². The lowest BCUT2D eigenvalue weighted by atomic mass is 10.0. The zero-order valence-corrected chi connectivity index (χ0v) is 17.1. The van der Waals surface area contributed by atoms with E-state index in [-0.39, 0.29) is 0 Å². The fraction of sp³-hybridized carbons (Fsp3) is 0.0417. The van der Waals surface area contributed by atoms with Crippen LogP contribution in [0, 0.1) is 0 Å². The molecule has 0 radical (unpaired) electrons. The number of rotatable bonds is 4. The molecule has 0 bridgehead atoms. The first kappa shape index (κ1) is 18.2. The van der Waals surface area contributed by atoms with Crippen LogP contribution >= 0.6 is 0 Å². The van der Waals surface area contributed by atoms with Gasteiger partial charge in [0.05, 0.1) is 30.0 Å². The molecule has 0 fully saturated rings. The van der Waals surface area contributed by atoms with Gasteiger partial charge in [0.15, 0.2) is 11.5 Å². The first-order valence-electron chi connectivity index (χ1n) is 10.0. The van der Waals surface area contributed by atoms with Crippen LogP contribution in [-0.2, 0) is 0 Å². The SMILES string of the molecule is COc1cncc(-c2ccc3[nH]nc(-c4nc5nccc(-c6ccccn6)c5[nH]4)c3c2)c1. The van der Waals surface area contributed by atoms with Crippen molar-refractivity contribution in [1.82, 2.24) is 35.1 Å². The summed E-state index contributed by atoms with van der Waals surface area (Å²) in [5.74, 6) is 1.35. The summed E-state index contributed by atoms with van der Waals surface area (Å²) in [6.45, 7) is 0. The molecule has 0 saturated heterocycles. The summed E-state index contributed by atoms with van der Waals surface area (Å²) in [7, 11) is 1.63. The molecule has 5 aromatic heterocycles. The van der Waals surface area contributed by atoms with E-state index in [1.807, 2.05) is 48.7 Å². The van der Waals surface area contributed by atoms with Crippen LogP contribution in [0.1, 0.15) is 0 Å². The summed E-state index contributed by atoms with van der Waals surface area (Å²) < 4.78 is 5.32. The van der Waals surface area contributed by atoms with Gasteiger partial charge in [0.2, 0.25) is 0 Å². The number of imidazole rings is 1. The fourth-order valence-electron chi connectivity index (χ4n) is 3.82. The van der Waals surface area contributed by atoms with Crippen LogP contribution in [0.25, 0.3) is 56.0 Å². The summed E-state index contributed by atoms with van der Waals surface area (Å²) in [6, 6.07) is 15.8. The van der Waals surface area contributed by atoms with Gasteiger partial charge in [-0.25, -0.2) is 9.97 Å². The molecule has 0 unspecified atom stereocenters. The maximum Gasteiger partial charge on any atom is 0.178 e. The highest BCUT2D eigenvalue weighted by atomic mass is 16.5. The van der Waals surface area contributed by atoms with Crippen LogP contribution in [0.3, 0.4) is 0 Å². The molecule has 32 heavy (non-hydrogen) atoms. The average molecular weight is 419 g/mol. The van der Waals surface area contributed by atoms with Gasteiger partial charge in [-0.05, 0) is 42.0 Å². The fourth-order valence-corrected chi connectivity index (χ4v) is 3.82. The molecule has 0 amide bonds. The molecule has 0 spiro atoms. The number of fused-ring (bicyclic) bond motifs is 2. The number of pyridine rings is 3. The number of benzene rings is 1. The van der Waals surface area contributed by atoms with Crippen LogP contribution in [0.5, 0.6) is 5.75 Å². The molecule has 8 nitrogen and oxygen atoms in total. The van der Waals surface area contributed by atoms with E-state index in [4.69, 9.17) is 9.72 Å². The Labute approximate surface area is 182 Å². The van der Waals surface area contributed by atoms with Crippen molar-refractivity contribution in [3.63, 3.8) is 0 Å². The second-order valence-electron chi connectivity index (χ2n) is 7.30. The van der Waals surface area contributed by atoms with Gasteiger partial charge < -0.3 is 9.72 Å². The third kappa shape index (κ3) is 2.97. The Hall–Kier alpha value is -4.59. The van der Waals surface area contributed by atoms with Crippen LogP contribution in [0.15, 0.2) is 73.3 Å². The van der Waals surface area contributed by atoms with Crippen molar-refractivity contribution in [2.24, 2.45) is 0 Å². The summed E-state index contributed by atoms with van der Waals surface area (Å²) >= 11 is 0. The predicted octanol–water partition coefficient (Wildman–Crippen LogP) is 4.63.